The van der Waals surface area contributed by atoms with Crippen LogP contribution < -0.4 is 0 Å². The summed E-state index contributed by atoms with van der Waals surface area (Å²) in [6.45, 7) is 3.89. The Hall–Kier alpha value is -3.23. The molecule has 1 aliphatic heterocycles. The standard InChI is InChI=1S/C20H18F3N5O/c1-11-12(2)27-18(26-11)16-8-13(3-5-25-16)14-7-15(10-24-9-14)19(29)28-6-4-17(28)20(21,22)23/h3,5,7-10,17H,4,6H2,1-2H3,(H,26,27). The van der Waals surface area contributed by atoms with E-state index < -0.39 is 18.1 Å². The van der Waals surface area contributed by atoms with Gasteiger partial charge in [-0.05, 0) is 44.0 Å². The van der Waals surface area contributed by atoms with Crippen molar-refractivity contribution in [3.63, 3.8) is 0 Å². The summed E-state index contributed by atoms with van der Waals surface area (Å²) in [5.74, 6) is -0.0462. The Balaban J connectivity index is 1.63. The number of carbonyl (C=O) groups is 1. The van der Waals surface area contributed by atoms with Crippen LogP contribution in [0.2, 0.25) is 0 Å². The van der Waals surface area contributed by atoms with Gasteiger partial charge in [0.15, 0.2) is 5.82 Å². The molecule has 0 saturated carbocycles. The summed E-state index contributed by atoms with van der Waals surface area (Å²) in [7, 11) is 0. The van der Waals surface area contributed by atoms with Crippen molar-refractivity contribution in [2.75, 3.05) is 6.54 Å². The third-order valence-electron chi connectivity index (χ3n) is 5.11. The van der Waals surface area contributed by atoms with Crippen LogP contribution in [0.1, 0.15) is 28.2 Å². The predicted molar refractivity (Wildman–Crippen MR) is 100 cm³/mol. The summed E-state index contributed by atoms with van der Waals surface area (Å²) < 4.78 is 38.9. The average molecular weight is 401 g/mol. The van der Waals surface area contributed by atoms with Gasteiger partial charge in [-0.2, -0.15) is 13.2 Å². The Kier molecular flexibility index (Phi) is 4.60. The first-order valence-corrected chi connectivity index (χ1v) is 9.07. The number of imidazole rings is 1. The number of H-pyrrole nitrogens is 1. The molecular formula is C20H18F3N5O. The molecule has 3 aromatic rings. The second-order valence-electron chi connectivity index (χ2n) is 7.03. The van der Waals surface area contributed by atoms with Gasteiger partial charge in [-0.25, -0.2) is 4.98 Å². The molecule has 3 aromatic heterocycles. The highest BCUT2D eigenvalue weighted by molar-refractivity contribution is 5.95. The molecule has 0 spiro atoms. The van der Waals surface area contributed by atoms with Gasteiger partial charge in [0.05, 0.1) is 11.3 Å². The van der Waals surface area contributed by atoms with Gasteiger partial charge in [0.25, 0.3) is 5.91 Å². The lowest BCUT2D eigenvalue weighted by Crippen LogP contribution is -2.58. The van der Waals surface area contributed by atoms with Crippen molar-refractivity contribution in [1.29, 1.82) is 0 Å². The fraction of sp³-hybridized carbons (Fsp3) is 0.300. The van der Waals surface area contributed by atoms with Crippen LogP contribution in [0.4, 0.5) is 13.2 Å². The van der Waals surface area contributed by atoms with Crippen LogP contribution in [0, 0.1) is 13.8 Å². The first-order valence-electron chi connectivity index (χ1n) is 9.07. The molecular weight excluding hydrogens is 383 g/mol. The molecule has 29 heavy (non-hydrogen) atoms. The number of nitrogens with one attached hydrogen (secondary N) is 1. The summed E-state index contributed by atoms with van der Waals surface area (Å²) in [4.78, 5) is 29.4. The van der Waals surface area contributed by atoms with Gasteiger partial charge in [0.1, 0.15) is 11.7 Å². The van der Waals surface area contributed by atoms with E-state index in [4.69, 9.17) is 0 Å². The monoisotopic (exact) mass is 401 g/mol. The van der Waals surface area contributed by atoms with Gasteiger partial charge in [0.2, 0.25) is 0 Å². The number of pyridine rings is 2. The summed E-state index contributed by atoms with van der Waals surface area (Å²) in [5.41, 5.74) is 3.91. The average Bonchev–Trinajstić information content (AvgIpc) is 2.98. The number of hydrogen-bond acceptors (Lipinski definition) is 4. The van der Waals surface area contributed by atoms with E-state index in [1.165, 1.54) is 6.20 Å². The van der Waals surface area contributed by atoms with E-state index in [-0.39, 0.29) is 18.5 Å². The Morgan fingerprint density at radius 1 is 1.21 bits per heavy atom. The number of aryl methyl sites for hydroxylation is 2. The summed E-state index contributed by atoms with van der Waals surface area (Å²) >= 11 is 0. The number of alkyl halides is 3. The molecule has 0 aromatic carbocycles. The minimum absolute atomic E-state index is 0.0714. The van der Waals surface area contributed by atoms with Gasteiger partial charge >= 0.3 is 6.18 Å². The normalized spacial score (nSPS) is 16.6. The molecule has 9 heteroatoms. The Labute approximate surface area is 164 Å². The van der Waals surface area contributed by atoms with Gasteiger partial charge in [-0.15, -0.1) is 0 Å². The van der Waals surface area contributed by atoms with Crippen LogP contribution in [0.25, 0.3) is 22.6 Å². The molecule has 1 saturated heterocycles. The van der Waals surface area contributed by atoms with Crippen molar-refractivity contribution in [3.05, 3.63) is 53.7 Å². The van der Waals surface area contributed by atoms with Crippen molar-refractivity contribution in [1.82, 2.24) is 24.8 Å². The number of rotatable bonds is 3. The largest absolute Gasteiger partial charge is 0.408 e. The molecule has 4 heterocycles. The fourth-order valence-electron chi connectivity index (χ4n) is 3.26. The maximum Gasteiger partial charge on any atom is 0.408 e. The SMILES string of the molecule is Cc1nc(-c2cc(-c3cncc(C(=O)N4CCC4C(F)(F)F)c3)ccn2)[nH]c1C. The summed E-state index contributed by atoms with van der Waals surface area (Å²) in [5, 5.41) is 0. The lowest BCUT2D eigenvalue weighted by molar-refractivity contribution is -0.199. The zero-order chi connectivity index (χ0) is 20.8. The first-order chi connectivity index (χ1) is 13.7. The number of hydrogen-bond donors (Lipinski definition) is 1. The Bertz CT molecular complexity index is 1060. The van der Waals surface area contributed by atoms with Gasteiger partial charge < -0.3 is 9.88 Å². The fourth-order valence-corrected chi connectivity index (χ4v) is 3.26. The lowest BCUT2D eigenvalue weighted by Gasteiger charge is -2.41. The van der Waals surface area contributed by atoms with E-state index in [0.717, 1.165) is 21.9 Å². The molecule has 0 bridgehead atoms. The third-order valence-corrected chi connectivity index (χ3v) is 5.11. The smallest absolute Gasteiger partial charge is 0.341 e. The van der Waals surface area contributed by atoms with Crippen molar-refractivity contribution in [2.24, 2.45) is 0 Å². The maximum atomic E-state index is 13.0. The summed E-state index contributed by atoms with van der Waals surface area (Å²) in [6, 6.07) is 3.38. The molecule has 1 unspecified atom stereocenters. The van der Waals surface area contributed by atoms with Crippen molar-refractivity contribution in [2.45, 2.75) is 32.5 Å². The van der Waals surface area contributed by atoms with Gasteiger partial charge in [-0.1, -0.05) is 0 Å². The van der Waals surface area contributed by atoms with E-state index in [0.29, 0.717) is 17.1 Å². The van der Waals surface area contributed by atoms with Crippen LogP contribution in [-0.2, 0) is 0 Å². The molecule has 1 N–H and O–H groups in total. The highest BCUT2D eigenvalue weighted by atomic mass is 19.4. The van der Waals surface area contributed by atoms with E-state index in [1.54, 1.807) is 30.6 Å². The minimum atomic E-state index is -4.42. The quantitative estimate of drug-likeness (QED) is 0.722. The topological polar surface area (TPSA) is 74.8 Å². The molecule has 1 fully saturated rings. The molecule has 1 amide bonds. The van der Waals surface area contributed by atoms with Crippen LogP contribution in [-0.4, -0.2) is 49.5 Å². The summed E-state index contributed by atoms with van der Waals surface area (Å²) in [6.07, 6.45) is -0.0252. The van der Waals surface area contributed by atoms with Crippen molar-refractivity contribution < 1.29 is 18.0 Å². The molecule has 6 nitrogen and oxygen atoms in total. The van der Waals surface area contributed by atoms with Crippen molar-refractivity contribution >= 4 is 5.91 Å². The Morgan fingerprint density at radius 3 is 2.62 bits per heavy atom. The zero-order valence-corrected chi connectivity index (χ0v) is 15.8. The van der Waals surface area contributed by atoms with Gasteiger partial charge in [0, 0.05) is 36.4 Å². The number of aromatic amines is 1. The van der Waals surface area contributed by atoms with Crippen LogP contribution in [0.3, 0.4) is 0 Å². The number of amides is 1. The van der Waals surface area contributed by atoms with Crippen LogP contribution in [0.5, 0.6) is 0 Å². The second kappa shape index (κ2) is 6.98. The molecule has 1 atom stereocenters. The molecule has 1 aliphatic rings. The first kappa shape index (κ1) is 19.1. The third kappa shape index (κ3) is 3.59. The highest BCUT2D eigenvalue weighted by Gasteiger charge is 2.50. The number of nitrogens with zero attached hydrogens (tertiary/aromatic N) is 4. The number of carbonyl (C=O) groups excluding carboxylic acids is 1. The van der Waals surface area contributed by atoms with Crippen LogP contribution >= 0.6 is 0 Å². The number of aromatic nitrogens is 4. The van der Waals surface area contributed by atoms with Crippen molar-refractivity contribution in [3.8, 4) is 22.6 Å². The lowest BCUT2D eigenvalue weighted by atomic mass is 10.00. The molecule has 4 rings (SSSR count). The molecule has 0 aliphatic carbocycles. The maximum absolute atomic E-state index is 13.0. The predicted octanol–water partition coefficient (Wildman–Crippen LogP) is 3.93. The van der Waals surface area contributed by atoms with E-state index in [2.05, 4.69) is 19.9 Å². The van der Waals surface area contributed by atoms with E-state index >= 15 is 0 Å². The highest BCUT2D eigenvalue weighted by Crippen LogP contribution is 2.35. The second-order valence-corrected chi connectivity index (χ2v) is 7.03. The zero-order valence-electron chi connectivity index (χ0n) is 15.8. The van der Waals surface area contributed by atoms with Gasteiger partial charge in [-0.3, -0.25) is 14.8 Å². The Morgan fingerprint density at radius 2 is 2.00 bits per heavy atom. The van der Waals surface area contributed by atoms with E-state index in [1.807, 2.05) is 13.8 Å². The molecule has 0 radical (unpaired) electrons. The number of halogens is 3. The van der Waals surface area contributed by atoms with Crippen LogP contribution in [0.15, 0.2) is 36.8 Å². The molecule has 150 valence electrons. The number of likely N-dealkylation sites (tertiary alicyclic amines) is 1. The van der Waals surface area contributed by atoms with E-state index in [9.17, 15) is 18.0 Å². The minimum Gasteiger partial charge on any atom is -0.341 e.